The lowest BCUT2D eigenvalue weighted by molar-refractivity contribution is 0.0882. The fourth-order valence-corrected chi connectivity index (χ4v) is 1.61. The monoisotopic (exact) mass is 249 g/mol. The van der Waals surface area contributed by atoms with Crippen LogP contribution in [-0.4, -0.2) is 32.6 Å². The Morgan fingerprint density at radius 3 is 2.22 bits per heavy atom. The van der Waals surface area contributed by atoms with Gasteiger partial charge in [-0.15, -0.1) is 0 Å². The average molecular weight is 249 g/mol. The van der Waals surface area contributed by atoms with Crippen LogP contribution in [0.1, 0.15) is 0 Å². The Hall–Kier alpha value is -2.14. The number of hydrogen-bond acceptors (Lipinski definition) is 4. The molecule has 0 aliphatic carbocycles. The molecule has 0 radical (unpaired) electrons. The van der Waals surface area contributed by atoms with Gasteiger partial charge in [-0.25, -0.2) is 0 Å². The average Bonchev–Trinajstić information content (AvgIpc) is 2.69. The summed E-state index contributed by atoms with van der Waals surface area (Å²) in [6.45, 7) is 0.151. The zero-order valence-corrected chi connectivity index (χ0v) is 9.73. The third-order valence-corrected chi connectivity index (χ3v) is 2.51. The number of aliphatic hydroxyl groups is 1. The van der Waals surface area contributed by atoms with Crippen LogP contribution in [0.5, 0.6) is 17.5 Å². The van der Waals surface area contributed by atoms with Crippen molar-refractivity contribution in [2.24, 2.45) is 0 Å². The SMILES string of the molecule is Oc1ccc(O)n1CC(O)COc1ccccc1. The van der Waals surface area contributed by atoms with E-state index in [2.05, 4.69) is 0 Å². The summed E-state index contributed by atoms with van der Waals surface area (Å²) in [6, 6.07) is 11.9. The van der Waals surface area contributed by atoms with Gasteiger partial charge in [0, 0.05) is 12.1 Å². The third kappa shape index (κ3) is 2.95. The number of benzene rings is 1. The quantitative estimate of drug-likeness (QED) is 0.747. The molecule has 0 spiro atoms. The lowest BCUT2D eigenvalue weighted by Gasteiger charge is -2.14. The second kappa shape index (κ2) is 5.46. The standard InChI is InChI=1S/C13H15NO4/c15-10(8-14-12(16)6-7-13(14)17)9-18-11-4-2-1-3-5-11/h1-7,10,15-17H,8-9H2. The van der Waals surface area contributed by atoms with Crippen molar-refractivity contribution in [3.05, 3.63) is 42.5 Å². The van der Waals surface area contributed by atoms with Crippen LogP contribution in [0.2, 0.25) is 0 Å². The number of aromatic nitrogens is 1. The summed E-state index contributed by atoms with van der Waals surface area (Å²) < 4.78 is 6.58. The fourth-order valence-electron chi connectivity index (χ4n) is 1.61. The van der Waals surface area contributed by atoms with Crippen molar-refractivity contribution in [1.29, 1.82) is 0 Å². The third-order valence-electron chi connectivity index (χ3n) is 2.51. The second-order valence-corrected chi connectivity index (χ2v) is 3.94. The normalized spacial score (nSPS) is 12.3. The van der Waals surface area contributed by atoms with Crippen molar-refractivity contribution in [2.45, 2.75) is 12.6 Å². The molecule has 0 aliphatic heterocycles. The molecule has 1 atom stereocenters. The van der Waals surface area contributed by atoms with Gasteiger partial charge in [0.05, 0.1) is 6.54 Å². The molecule has 0 saturated heterocycles. The van der Waals surface area contributed by atoms with E-state index in [9.17, 15) is 15.3 Å². The highest BCUT2D eigenvalue weighted by atomic mass is 16.5. The Morgan fingerprint density at radius 1 is 1.00 bits per heavy atom. The Labute approximate surface area is 104 Å². The van der Waals surface area contributed by atoms with Gasteiger partial charge >= 0.3 is 0 Å². The van der Waals surface area contributed by atoms with Crippen LogP contribution in [0.3, 0.4) is 0 Å². The van der Waals surface area contributed by atoms with Gasteiger partial charge in [-0.05, 0) is 12.1 Å². The first-order chi connectivity index (χ1) is 8.66. The van der Waals surface area contributed by atoms with E-state index in [0.717, 1.165) is 0 Å². The minimum Gasteiger partial charge on any atom is -0.494 e. The molecule has 3 N–H and O–H groups in total. The summed E-state index contributed by atoms with van der Waals surface area (Å²) in [7, 11) is 0. The van der Waals surface area contributed by atoms with Crippen molar-refractivity contribution in [1.82, 2.24) is 4.57 Å². The molecule has 96 valence electrons. The van der Waals surface area contributed by atoms with E-state index in [-0.39, 0.29) is 24.9 Å². The predicted molar refractivity (Wildman–Crippen MR) is 65.7 cm³/mol. The molecular formula is C13H15NO4. The molecular weight excluding hydrogens is 234 g/mol. The van der Waals surface area contributed by atoms with Gasteiger partial charge < -0.3 is 20.1 Å². The van der Waals surface area contributed by atoms with Crippen LogP contribution < -0.4 is 4.74 Å². The topological polar surface area (TPSA) is 74.9 Å². The van der Waals surface area contributed by atoms with E-state index in [4.69, 9.17) is 4.74 Å². The molecule has 5 nitrogen and oxygen atoms in total. The largest absolute Gasteiger partial charge is 0.494 e. The predicted octanol–water partition coefficient (Wildman–Crippen LogP) is 1.34. The van der Waals surface area contributed by atoms with E-state index in [1.165, 1.54) is 16.7 Å². The van der Waals surface area contributed by atoms with Gasteiger partial charge in [-0.1, -0.05) is 18.2 Å². The molecule has 2 aromatic rings. The van der Waals surface area contributed by atoms with Gasteiger partial charge in [0.15, 0.2) is 11.8 Å². The second-order valence-electron chi connectivity index (χ2n) is 3.94. The first-order valence-corrected chi connectivity index (χ1v) is 5.60. The van der Waals surface area contributed by atoms with Crippen LogP contribution >= 0.6 is 0 Å². The van der Waals surface area contributed by atoms with Crippen LogP contribution in [0.4, 0.5) is 0 Å². The molecule has 1 unspecified atom stereocenters. The van der Waals surface area contributed by atoms with Gasteiger partial charge in [0.25, 0.3) is 0 Å². The molecule has 1 aromatic carbocycles. The molecule has 0 bridgehead atoms. The molecule has 18 heavy (non-hydrogen) atoms. The van der Waals surface area contributed by atoms with E-state index < -0.39 is 6.10 Å². The van der Waals surface area contributed by atoms with Crippen molar-refractivity contribution in [2.75, 3.05) is 6.61 Å². The number of aliphatic hydroxyl groups excluding tert-OH is 1. The van der Waals surface area contributed by atoms with Crippen LogP contribution in [0.25, 0.3) is 0 Å². The summed E-state index contributed by atoms with van der Waals surface area (Å²) in [6.07, 6.45) is -0.825. The van der Waals surface area contributed by atoms with E-state index in [0.29, 0.717) is 5.75 Å². The number of ether oxygens (including phenoxy) is 1. The van der Waals surface area contributed by atoms with Gasteiger partial charge in [0.2, 0.25) is 0 Å². The Kier molecular flexibility index (Phi) is 3.74. The lowest BCUT2D eigenvalue weighted by Crippen LogP contribution is -2.23. The molecule has 1 aromatic heterocycles. The fraction of sp³-hybridized carbons (Fsp3) is 0.231. The summed E-state index contributed by atoms with van der Waals surface area (Å²) in [4.78, 5) is 0. The number of aromatic hydroxyl groups is 2. The maximum Gasteiger partial charge on any atom is 0.193 e. The molecule has 0 saturated carbocycles. The Morgan fingerprint density at radius 2 is 1.61 bits per heavy atom. The molecule has 0 aliphatic rings. The first kappa shape index (κ1) is 12.3. The minimum atomic E-state index is -0.825. The van der Waals surface area contributed by atoms with E-state index in [1.54, 1.807) is 12.1 Å². The molecule has 5 heteroatoms. The summed E-state index contributed by atoms with van der Waals surface area (Å²) in [5.41, 5.74) is 0. The zero-order chi connectivity index (χ0) is 13.0. The summed E-state index contributed by atoms with van der Waals surface area (Å²) >= 11 is 0. The van der Waals surface area contributed by atoms with Gasteiger partial charge in [-0.3, -0.25) is 4.57 Å². The molecule has 0 fully saturated rings. The van der Waals surface area contributed by atoms with Crippen molar-refractivity contribution in [3.63, 3.8) is 0 Å². The number of nitrogens with zero attached hydrogens (tertiary/aromatic N) is 1. The number of rotatable bonds is 5. The maximum absolute atomic E-state index is 9.76. The molecule has 0 amide bonds. The Balaban J connectivity index is 1.88. The maximum atomic E-state index is 9.76. The van der Waals surface area contributed by atoms with Crippen LogP contribution in [-0.2, 0) is 6.54 Å². The minimum absolute atomic E-state index is 0.0670. The Bertz CT molecular complexity index is 475. The smallest absolute Gasteiger partial charge is 0.193 e. The van der Waals surface area contributed by atoms with Crippen molar-refractivity contribution >= 4 is 0 Å². The highest BCUT2D eigenvalue weighted by Gasteiger charge is 2.12. The number of hydrogen-bond donors (Lipinski definition) is 3. The number of para-hydroxylation sites is 1. The lowest BCUT2D eigenvalue weighted by atomic mass is 10.3. The highest BCUT2D eigenvalue weighted by Crippen LogP contribution is 2.21. The molecule has 2 rings (SSSR count). The molecule has 1 heterocycles. The summed E-state index contributed by atoms with van der Waals surface area (Å²) in [5.74, 6) is 0.482. The van der Waals surface area contributed by atoms with Gasteiger partial charge in [0.1, 0.15) is 18.5 Å². The zero-order valence-electron chi connectivity index (χ0n) is 9.73. The van der Waals surface area contributed by atoms with E-state index in [1.807, 2.05) is 18.2 Å². The first-order valence-electron chi connectivity index (χ1n) is 5.60. The van der Waals surface area contributed by atoms with Crippen LogP contribution in [0.15, 0.2) is 42.5 Å². The van der Waals surface area contributed by atoms with E-state index >= 15 is 0 Å². The van der Waals surface area contributed by atoms with Crippen molar-refractivity contribution in [3.8, 4) is 17.5 Å². The van der Waals surface area contributed by atoms with Gasteiger partial charge in [-0.2, -0.15) is 0 Å². The highest BCUT2D eigenvalue weighted by molar-refractivity contribution is 5.24. The summed E-state index contributed by atoms with van der Waals surface area (Å²) in [5, 5.41) is 28.6. The van der Waals surface area contributed by atoms with Crippen molar-refractivity contribution < 1.29 is 20.1 Å². The van der Waals surface area contributed by atoms with Crippen LogP contribution in [0, 0.1) is 0 Å².